The molecule has 3 aromatic carbocycles. The van der Waals surface area contributed by atoms with E-state index in [9.17, 15) is 76.0 Å². The molecule has 4 aromatic rings. The van der Waals surface area contributed by atoms with Crippen molar-refractivity contribution in [2.75, 3.05) is 19.8 Å². The molecule has 4 heterocycles. The van der Waals surface area contributed by atoms with Crippen molar-refractivity contribution in [2.24, 2.45) is 0 Å². The third kappa shape index (κ3) is 9.57. The molecular weight excluding hydrogens is 860 g/mol. The average molecular weight is 905 g/mol. The average Bonchev–Trinajstić information content (AvgIpc) is 3.27. The molecule has 3 aliphatic rings. The Bertz CT molecular complexity index is 2370. The van der Waals surface area contributed by atoms with Gasteiger partial charge in [0.1, 0.15) is 95.9 Å². The van der Waals surface area contributed by atoms with Crippen molar-refractivity contribution in [3.8, 4) is 45.8 Å². The lowest BCUT2D eigenvalue weighted by molar-refractivity contribution is -0.348. The summed E-state index contributed by atoms with van der Waals surface area (Å²) in [5, 5.41) is 134. The first-order chi connectivity index (χ1) is 30.4. The lowest BCUT2D eigenvalue weighted by Crippen LogP contribution is -2.63. The van der Waals surface area contributed by atoms with E-state index in [-0.39, 0.29) is 34.2 Å². The summed E-state index contributed by atoms with van der Waals surface area (Å²) in [5.74, 6) is -4.15. The van der Waals surface area contributed by atoms with Crippen LogP contribution in [-0.4, -0.2) is 178 Å². The number of benzene rings is 3. The van der Waals surface area contributed by atoms with Gasteiger partial charge in [0.25, 0.3) is 0 Å². The van der Waals surface area contributed by atoms with Gasteiger partial charge in [-0.05, 0) is 48.0 Å². The number of aliphatic hydroxyl groups excluding tert-OH is 9. The molecule has 0 radical (unpaired) electrons. The van der Waals surface area contributed by atoms with E-state index in [0.717, 1.165) is 18.2 Å². The maximum atomic E-state index is 14.3. The number of hydrogen-bond donors (Lipinski definition) is 13. The second-order valence-corrected chi connectivity index (χ2v) is 15.0. The van der Waals surface area contributed by atoms with Gasteiger partial charge in [-0.3, -0.25) is 4.79 Å². The highest BCUT2D eigenvalue weighted by atomic mass is 16.8. The van der Waals surface area contributed by atoms with Gasteiger partial charge in [0, 0.05) is 23.8 Å². The summed E-state index contributed by atoms with van der Waals surface area (Å²) in [5.41, 5.74) is -1.05. The maximum absolute atomic E-state index is 14.3. The minimum Gasteiger partial charge on any atom is -0.508 e. The molecule has 1 aromatic heterocycles. The molecule has 0 unspecified atom stereocenters. The van der Waals surface area contributed by atoms with E-state index in [1.54, 1.807) is 0 Å². The molecule has 3 aliphatic heterocycles. The molecular formula is C41H44O23. The zero-order valence-electron chi connectivity index (χ0n) is 33.0. The van der Waals surface area contributed by atoms with Crippen LogP contribution >= 0.6 is 0 Å². The maximum Gasteiger partial charge on any atom is 0.330 e. The number of rotatable bonds is 12. The number of aromatic hydroxyl groups is 4. The fourth-order valence-electron chi connectivity index (χ4n) is 7.01. The first kappa shape index (κ1) is 46.4. The monoisotopic (exact) mass is 904 g/mol. The Kier molecular flexibility index (Phi) is 13.9. The third-order valence-electron chi connectivity index (χ3n) is 10.6. The molecule has 0 amide bonds. The first-order valence-electron chi connectivity index (χ1n) is 19.4. The Balaban J connectivity index is 1.15. The van der Waals surface area contributed by atoms with Crippen LogP contribution in [0.15, 0.2) is 69.9 Å². The quantitative estimate of drug-likeness (QED) is 0.0393. The van der Waals surface area contributed by atoms with Crippen LogP contribution in [0.3, 0.4) is 0 Å². The van der Waals surface area contributed by atoms with E-state index < -0.39 is 140 Å². The van der Waals surface area contributed by atoms with Crippen LogP contribution in [0.2, 0.25) is 0 Å². The number of phenolic OH excluding ortho intramolecular Hbond substituents is 4. The van der Waals surface area contributed by atoms with Crippen molar-refractivity contribution < 1.29 is 109 Å². The molecule has 0 aliphatic carbocycles. The van der Waals surface area contributed by atoms with Gasteiger partial charge in [0.05, 0.1) is 13.2 Å². The van der Waals surface area contributed by atoms with Crippen LogP contribution in [0.4, 0.5) is 0 Å². The summed E-state index contributed by atoms with van der Waals surface area (Å²) in [7, 11) is 0. The van der Waals surface area contributed by atoms with Crippen molar-refractivity contribution in [2.45, 2.75) is 86.0 Å². The lowest BCUT2D eigenvalue weighted by Gasteiger charge is -2.44. The van der Waals surface area contributed by atoms with Gasteiger partial charge in [-0.2, -0.15) is 0 Å². The highest BCUT2D eigenvalue weighted by Crippen LogP contribution is 2.39. The van der Waals surface area contributed by atoms with E-state index in [1.807, 2.05) is 0 Å². The molecule has 14 atom stereocenters. The molecule has 3 saturated heterocycles. The fourth-order valence-corrected chi connectivity index (χ4v) is 7.01. The smallest absolute Gasteiger partial charge is 0.330 e. The minimum absolute atomic E-state index is 0.0806. The number of aliphatic hydroxyl groups is 9. The number of phenols is 4. The third-order valence-corrected chi connectivity index (χ3v) is 10.6. The zero-order chi connectivity index (χ0) is 46.1. The second kappa shape index (κ2) is 19.2. The SMILES string of the molecule is O=C(/C=C/c1ccc(O)c(O)c1)OC[C@H]1O[C@@H](O[C@H]2[C@H](Oc3c(-c4ccc(O)cc4)oc4cc(O[C@@H]5O[C@H](CO)[C@@H](O)[C@H](O)[C@H]5O)cc(O)c4c3=O)OC[C@H](O)[C@@H]2O)[C@H](O)[C@@H](O)[C@@H]1O. The number of carbonyl (C=O) groups excluding carboxylic acids is 1. The summed E-state index contributed by atoms with van der Waals surface area (Å²) < 4.78 is 45.3. The van der Waals surface area contributed by atoms with Crippen molar-refractivity contribution in [3.63, 3.8) is 0 Å². The van der Waals surface area contributed by atoms with Crippen LogP contribution in [0.1, 0.15) is 5.56 Å². The van der Waals surface area contributed by atoms with Gasteiger partial charge in [-0.1, -0.05) is 6.07 Å². The largest absolute Gasteiger partial charge is 0.508 e. The Morgan fingerprint density at radius 3 is 2.06 bits per heavy atom. The van der Waals surface area contributed by atoms with Crippen molar-refractivity contribution >= 4 is 23.0 Å². The van der Waals surface area contributed by atoms with E-state index in [1.165, 1.54) is 48.5 Å². The van der Waals surface area contributed by atoms with Gasteiger partial charge >= 0.3 is 5.97 Å². The molecule has 23 nitrogen and oxygen atoms in total. The molecule has 7 rings (SSSR count). The minimum atomic E-state index is -2.05. The van der Waals surface area contributed by atoms with Crippen molar-refractivity contribution in [1.82, 2.24) is 0 Å². The Morgan fingerprint density at radius 2 is 1.38 bits per heavy atom. The zero-order valence-corrected chi connectivity index (χ0v) is 33.0. The van der Waals surface area contributed by atoms with Gasteiger partial charge < -0.3 is 104 Å². The van der Waals surface area contributed by atoms with Crippen LogP contribution in [-0.2, 0) is 28.5 Å². The molecule has 0 bridgehead atoms. The Labute approximate surface area is 359 Å². The number of esters is 1. The summed E-state index contributed by atoms with van der Waals surface area (Å²) >= 11 is 0. The highest BCUT2D eigenvalue weighted by Gasteiger charge is 2.50. The number of hydrogen-bond acceptors (Lipinski definition) is 23. The van der Waals surface area contributed by atoms with Crippen LogP contribution in [0.5, 0.6) is 34.5 Å². The normalized spacial score (nSPS) is 32.1. The van der Waals surface area contributed by atoms with E-state index in [0.29, 0.717) is 5.56 Å². The highest BCUT2D eigenvalue weighted by molar-refractivity contribution is 5.88. The molecule has 13 N–H and O–H groups in total. The summed E-state index contributed by atoms with van der Waals surface area (Å²) in [4.78, 5) is 26.8. The predicted octanol–water partition coefficient (Wildman–Crippen LogP) is -2.63. The first-order valence-corrected chi connectivity index (χ1v) is 19.4. The lowest BCUT2D eigenvalue weighted by atomic mass is 9.98. The molecule has 23 heteroatoms. The molecule has 346 valence electrons. The Morgan fingerprint density at radius 1 is 0.703 bits per heavy atom. The molecule has 3 fully saturated rings. The van der Waals surface area contributed by atoms with E-state index >= 15 is 0 Å². The number of carbonyl (C=O) groups is 1. The van der Waals surface area contributed by atoms with Gasteiger partial charge in [0.2, 0.25) is 23.8 Å². The second-order valence-electron chi connectivity index (χ2n) is 15.0. The van der Waals surface area contributed by atoms with E-state index in [2.05, 4.69) is 0 Å². The van der Waals surface area contributed by atoms with Crippen LogP contribution < -0.4 is 14.9 Å². The van der Waals surface area contributed by atoms with Crippen molar-refractivity contribution in [1.29, 1.82) is 0 Å². The van der Waals surface area contributed by atoms with Crippen molar-refractivity contribution in [3.05, 3.63) is 76.5 Å². The van der Waals surface area contributed by atoms with Crippen LogP contribution in [0, 0.1) is 0 Å². The summed E-state index contributed by atoms with van der Waals surface area (Å²) in [6.45, 7) is -2.11. The predicted molar refractivity (Wildman–Crippen MR) is 209 cm³/mol. The summed E-state index contributed by atoms with van der Waals surface area (Å²) in [6.07, 6.45) is -23.0. The fraction of sp³-hybridized carbons (Fsp3) is 0.415. The molecule has 0 saturated carbocycles. The van der Waals surface area contributed by atoms with Gasteiger partial charge in [-0.25, -0.2) is 4.79 Å². The van der Waals surface area contributed by atoms with Gasteiger partial charge in [-0.15, -0.1) is 0 Å². The Hall–Kier alpha value is -5.64. The van der Waals surface area contributed by atoms with E-state index in [4.69, 9.17) is 37.6 Å². The standard InChI is InChI=1S/C41H44O23/c42-12-24-29(50)32(53)34(55)39(61-24)59-18-10-21(46)27-23(11-18)60-36(16-3-5-17(43)6-4-16)37(31(27)52)63-41-38(28(49)22(47)13-58-41)64-40-35(56)33(54)30(51)25(62-40)14-57-26(48)8-2-15-1-7-19(44)20(45)9-15/h1-11,22,24-25,28-30,32-35,38-47,49-51,53-56H,12-14H2/b8-2+/t22-,24+,25+,28-,29+,30+,32-,33-,34+,35+,38+,39+,40-,41-/m0/s1. The number of fused-ring (bicyclic) bond motifs is 1. The topological polar surface area (TPSA) is 375 Å². The van der Waals surface area contributed by atoms with Gasteiger partial charge in [0.15, 0.2) is 29.7 Å². The van der Waals surface area contributed by atoms with Crippen LogP contribution in [0.25, 0.3) is 28.4 Å². The number of ether oxygens (including phenoxy) is 7. The molecule has 64 heavy (non-hydrogen) atoms. The summed E-state index contributed by atoms with van der Waals surface area (Å²) in [6, 6.07) is 10.8. The molecule has 0 spiro atoms.